The number of rotatable bonds is 11. The summed E-state index contributed by atoms with van der Waals surface area (Å²) in [4.78, 5) is 28.4. The van der Waals surface area contributed by atoms with Crippen molar-refractivity contribution in [1.29, 1.82) is 0 Å². The molecule has 7 heteroatoms. The maximum atomic E-state index is 12.8. The molecule has 0 bridgehead atoms. The van der Waals surface area contributed by atoms with Crippen LogP contribution >= 0.6 is 11.3 Å². The van der Waals surface area contributed by atoms with E-state index in [1.54, 1.807) is 42.7 Å². The van der Waals surface area contributed by atoms with Gasteiger partial charge in [0.1, 0.15) is 5.75 Å². The number of aryl methyl sites for hydroxylation is 1. The fraction of sp³-hybridized carbons (Fsp3) is 0.308. The second-order valence-corrected chi connectivity index (χ2v) is 9.06. The highest BCUT2D eigenvalue weighted by molar-refractivity contribution is 7.09. The fourth-order valence-electron chi connectivity index (χ4n) is 3.58. The molecule has 174 valence electrons. The maximum Gasteiger partial charge on any atom is 0.251 e. The largest absolute Gasteiger partial charge is 0.497 e. The molecular weight excluding hydrogens is 434 g/mol. The number of amides is 2. The number of thiophene rings is 1. The lowest BCUT2D eigenvalue weighted by molar-refractivity contribution is -0.116. The van der Waals surface area contributed by atoms with E-state index < -0.39 is 0 Å². The number of hydrogen-bond acceptors (Lipinski definition) is 5. The van der Waals surface area contributed by atoms with Gasteiger partial charge in [0, 0.05) is 29.1 Å². The number of anilines is 1. The summed E-state index contributed by atoms with van der Waals surface area (Å²) < 4.78 is 5.33. The Balaban J connectivity index is 1.55. The molecule has 1 heterocycles. The zero-order valence-corrected chi connectivity index (χ0v) is 20.2. The number of nitrogens with one attached hydrogen (secondary N) is 2. The number of carbonyl (C=O) groups is 2. The summed E-state index contributed by atoms with van der Waals surface area (Å²) in [7, 11) is 5.59. The number of ether oxygens (including phenoxy) is 1. The van der Waals surface area contributed by atoms with Crippen LogP contribution in [0, 0.1) is 0 Å². The molecule has 0 aliphatic carbocycles. The molecule has 33 heavy (non-hydrogen) atoms. The molecule has 2 aromatic carbocycles. The Morgan fingerprint density at radius 1 is 1.06 bits per heavy atom. The van der Waals surface area contributed by atoms with Crippen molar-refractivity contribution < 1.29 is 14.3 Å². The van der Waals surface area contributed by atoms with Crippen molar-refractivity contribution in [3.8, 4) is 5.75 Å². The highest BCUT2D eigenvalue weighted by atomic mass is 32.1. The third-order valence-corrected chi connectivity index (χ3v) is 6.31. The van der Waals surface area contributed by atoms with E-state index >= 15 is 0 Å². The van der Waals surface area contributed by atoms with Crippen LogP contribution in [0.4, 0.5) is 5.69 Å². The van der Waals surface area contributed by atoms with Gasteiger partial charge < -0.3 is 20.3 Å². The third-order valence-electron chi connectivity index (χ3n) is 5.37. The van der Waals surface area contributed by atoms with Crippen LogP contribution in [-0.4, -0.2) is 44.5 Å². The lowest BCUT2D eigenvalue weighted by atomic mass is 10.1. The Morgan fingerprint density at radius 3 is 2.61 bits per heavy atom. The zero-order valence-electron chi connectivity index (χ0n) is 19.3. The van der Waals surface area contributed by atoms with Crippen molar-refractivity contribution in [3.63, 3.8) is 0 Å². The predicted molar refractivity (Wildman–Crippen MR) is 134 cm³/mol. The minimum atomic E-state index is -0.182. The Hall–Kier alpha value is -3.16. The molecule has 3 rings (SSSR count). The van der Waals surface area contributed by atoms with Gasteiger partial charge in [0.2, 0.25) is 5.91 Å². The standard InChI is InChI=1S/C26H31N3O3S/c1-29(2)24(19-8-5-11-22(17-19)32-3)18-27-26(31)20-9-4-10-21(16-20)28-25(30)14-6-12-23-13-7-15-33-23/h4-5,7-11,13,15-17,24H,6,12,14,18H2,1-3H3,(H,27,31)(H,28,30). The first-order valence-corrected chi connectivity index (χ1v) is 11.8. The van der Waals surface area contributed by atoms with E-state index in [9.17, 15) is 9.59 Å². The first kappa shape index (κ1) is 24.5. The van der Waals surface area contributed by atoms with Gasteiger partial charge in [-0.25, -0.2) is 0 Å². The van der Waals surface area contributed by atoms with Gasteiger partial charge in [0.15, 0.2) is 0 Å². The molecule has 0 radical (unpaired) electrons. The monoisotopic (exact) mass is 465 g/mol. The summed E-state index contributed by atoms with van der Waals surface area (Å²) in [5.41, 5.74) is 2.19. The molecule has 1 atom stereocenters. The minimum absolute atomic E-state index is 0.00437. The number of benzene rings is 2. The summed E-state index contributed by atoms with van der Waals surface area (Å²) in [6.45, 7) is 0.443. The number of carbonyl (C=O) groups excluding carboxylic acids is 2. The summed E-state index contributed by atoms with van der Waals surface area (Å²) in [6, 6.07) is 19.0. The zero-order chi connectivity index (χ0) is 23.6. The quantitative estimate of drug-likeness (QED) is 0.429. The summed E-state index contributed by atoms with van der Waals surface area (Å²) in [5.74, 6) is 0.554. The van der Waals surface area contributed by atoms with Crippen LogP contribution in [0.1, 0.15) is 39.7 Å². The fourth-order valence-corrected chi connectivity index (χ4v) is 4.33. The van der Waals surface area contributed by atoms with Gasteiger partial charge in [-0.05, 0) is 74.3 Å². The van der Waals surface area contributed by atoms with E-state index in [0.29, 0.717) is 24.2 Å². The molecule has 1 unspecified atom stereocenters. The molecule has 6 nitrogen and oxygen atoms in total. The Bertz CT molecular complexity index is 1050. The lowest BCUT2D eigenvalue weighted by Crippen LogP contribution is -2.34. The van der Waals surface area contributed by atoms with Crippen LogP contribution in [0.5, 0.6) is 5.75 Å². The van der Waals surface area contributed by atoms with E-state index in [1.807, 2.05) is 49.8 Å². The Labute approximate surface area is 199 Å². The van der Waals surface area contributed by atoms with Gasteiger partial charge >= 0.3 is 0 Å². The van der Waals surface area contributed by atoms with Crippen molar-refractivity contribution in [3.05, 3.63) is 82.0 Å². The Morgan fingerprint density at radius 2 is 1.88 bits per heavy atom. The summed E-state index contributed by atoms with van der Waals surface area (Å²) in [5, 5.41) is 7.96. The summed E-state index contributed by atoms with van der Waals surface area (Å²) >= 11 is 1.71. The number of methoxy groups -OCH3 is 1. The smallest absolute Gasteiger partial charge is 0.251 e. The van der Waals surface area contributed by atoms with Gasteiger partial charge in [-0.2, -0.15) is 0 Å². The first-order chi connectivity index (χ1) is 16.0. The van der Waals surface area contributed by atoms with Crippen molar-refractivity contribution in [1.82, 2.24) is 10.2 Å². The minimum Gasteiger partial charge on any atom is -0.497 e. The van der Waals surface area contributed by atoms with Crippen LogP contribution in [0.25, 0.3) is 0 Å². The van der Waals surface area contributed by atoms with Gasteiger partial charge in [-0.3, -0.25) is 9.59 Å². The van der Waals surface area contributed by atoms with Crippen molar-refractivity contribution in [2.75, 3.05) is 33.1 Å². The highest BCUT2D eigenvalue weighted by Gasteiger charge is 2.17. The second kappa shape index (κ2) is 12.2. The molecule has 0 aliphatic rings. The molecule has 0 saturated heterocycles. The van der Waals surface area contributed by atoms with Crippen LogP contribution < -0.4 is 15.4 Å². The van der Waals surface area contributed by atoms with Gasteiger partial charge in [-0.15, -0.1) is 11.3 Å². The number of likely N-dealkylation sites (N-methyl/N-ethyl adjacent to an activating group) is 1. The number of nitrogens with zero attached hydrogens (tertiary/aromatic N) is 1. The van der Waals surface area contributed by atoms with Gasteiger partial charge in [-0.1, -0.05) is 24.3 Å². The third kappa shape index (κ3) is 7.44. The van der Waals surface area contributed by atoms with Crippen LogP contribution in [-0.2, 0) is 11.2 Å². The average molecular weight is 466 g/mol. The van der Waals surface area contributed by atoms with Gasteiger partial charge in [0.05, 0.1) is 13.2 Å². The van der Waals surface area contributed by atoms with Crippen LogP contribution in [0.2, 0.25) is 0 Å². The van der Waals surface area contributed by atoms with Crippen molar-refractivity contribution >= 4 is 28.8 Å². The predicted octanol–water partition coefficient (Wildman–Crippen LogP) is 4.75. The Kier molecular flexibility index (Phi) is 9.04. The molecule has 3 aromatic rings. The number of hydrogen-bond donors (Lipinski definition) is 2. The second-order valence-electron chi connectivity index (χ2n) is 8.03. The van der Waals surface area contributed by atoms with E-state index in [-0.39, 0.29) is 17.9 Å². The van der Waals surface area contributed by atoms with E-state index in [0.717, 1.165) is 24.2 Å². The van der Waals surface area contributed by atoms with Gasteiger partial charge in [0.25, 0.3) is 5.91 Å². The van der Waals surface area contributed by atoms with Crippen LogP contribution in [0.15, 0.2) is 66.0 Å². The molecule has 0 fully saturated rings. The average Bonchev–Trinajstić information content (AvgIpc) is 3.32. The molecule has 2 N–H and O–H groups in total. The summed E-state index contributed by atoms with van der Waals surface area (Å²) in [6.07, 6.45) is 2.13. The van der Waals surface area contributed by atoms with E-state index in [2.05, 4.69) is 21.6 Å². The molecule has 0 spiro atoms. The normalized spacial score (nSPS) is 11.8. The lowest BCUT2D eigenvalue weighted by Gasteiger charge is -2.25. The van der Waals surface area contributed by atoms with Crippen molar-refractivity contribution in [2.24, 2.45) is 0 Å². The molecular formula is C26H31N3O3S. The molecule has 2 amide bonds. The topological polar surface area (TPSA) is 70.7 Å². The SMILES string of the molecule is COc1cccc(C(CNC(=O)c2cccc(NC(=O)CCCc3cccs3)c2)N(C)C)c1. The molecule has 0 aliphatic heterocycles. The maximum absolute atomic E-state index is 12.8. The van der Waals surface area contributed by atoms with Crippen LogP contribution in [0.3, 0.4) is 0 Å². The first-order valence-electron chi connectivity index (χ1n) is 11.0. The molecule has 0 saturated carbocycles. The van der Waals surface area contributed by atoms with E-state index in [1.165, 1.54) is 4.88 Å². The van der Waals surface area contributed by atoms with E-state index in [4.69, 9.17) is 4.74 Å². The highest BCUT2D eigenvalue weighted by Crippen LogP contribution is 2.22. The molecule has 1 aromatic heterocycles. The van der Waals surface area contributed by atoms with Crippen molar-refractivity contribution in [2.45, 2.75) is 25.3 Å².